The van der Waals surface area contributed by atoms with Gasteiger partial charge in [-0.05, 0) is 66.6 Å². The number of amides is 1. The van der Waals surface area contributed by atoms with E-state index in [1.54, 1.807) is 12.1 Å². The molecule has 1 aliphatic heterocycles. The second kappa shape index (κ2) is 9.70. The Morgan fingerprint density at radius 3 is 2.45 bits per heavy atom. The number of carbonyl (C=O) groups is 1. The lowest BCUT2D eigenvalue weighted by Gasteiger charge is -2.49. The molecule has 4 rings (SSSR count). The van der Waals surface area contributed by atoms with Crippen LogP contribution in [0.25, 0.3) is 0 Å². The highest BCUT2D eigenvalue weighted by Gasteiger charge is 2.44. The van der Waals surface area contributed by atoms with Crippen LogP contribution in [0.1, 0.15) is 55.8 Å². The Hall–Kier alpha value is -1.26. The zero-order valence-electron chi connectivity index (χ0n) is 18.4. The Labute approximate surface area is 202 Å². The Morgan fingerprint density at radius 2 is 1.77 bits per heavy atom. The summed E-state index contributed by atoms with van der Waals surface area (Å²) in [6, 6.07) is 14.5. The fourth-order valence-corrected chi connectivity index (χ4v) is 5.62. The van der Waals surface area contributed by atoms with Gasteiger partial charge in [0.05, 0.1) is 22.5 Å². The maximum atomic E-state index is 13.4. The van der Waals surface area contributed by atoms with Crippen LogP contribution in [0.2, 0.25) is 10.0 Å². The first kappa shape index (κ1) is 24.4. The van der Waals surface area contributed by atoms with Crippen molar-refractivity contribution in [2.24, 2.45) is 0 Å². The molecule has 1 saturated heterocycles. The van der Waals surface area contributed by atoms with Gasteiger partial charge in [0.2, 0.25) is 5.91 Å². The molecule has 2 aromatic carbocycles. The number of benzene rings is 2. The molecule has 0 saturated carbocycles. The average molecular weight is 482 g/mol. The highest BCUT2D eigenvalue weighted by atomic mass is 35.5. The lowest BCUT2D eigenvalue weighted by atomic mass is 9.68. The highest BCUT2D eigenvalue weighted by molar-refractivity contribution is 6.42. The van der Waals surface area contributed by atoms with Crippen molar-refractivity contribution in [3.63, 3.8) is 0 Å². The smallest absolute Gasteiger partial charge is 0.227 e. The molecular formula is C25H31Cl3N2O. The van der Waals surface area contributed by atoms with E-state index in [1.165, 1.54) is 24.0 Å². The summed E-state index contributed by atoms with van der Waals surface area (Å²) >= 11 is 12.2. The van der Waals surface area contributed by atoms with E-state index in [4.69, 9.17) is 23.2 Å². The summed E-state index contributed by atoms with van der Waals surface area (Å²) in [6.45, 7) is 6.91. The number of likely N-dealkylation sites (tertiary alicyclic amines) is 1. The van der Waals surface area contributed by atoms with Crippen LogP contribution in [0.3, 0.4) is 0 Å². The molecule has 6 heteroatoms. The molecule has 31 heavy (non-hydrogen) atoms. The SMILES string of the molecule is CN(C(=O)Cc1ccc(Cl)c(Cl)c1)[C@H]1c2ccccc2C(C)(C)C[C@@H]1N1CCCC1.Cl. The van der Waals surface area contributed by atoms with Gasteiger partial charge >= 0.3 is 0 Å². The molecule has 2 aliphatic rings. The normalized spacial score (nSPS) is 22.5. The molecule has 2 aromatic rings. The fraction of sp³-hybridized carbons (Fsp3) is 0.480. The first-order valence-electron chi connectivity index (χ1n) is 10.8. The van der Waals surface area contributed by atoms with E-state index in [0.29, 0.717) is 22.5 Å². The molecule has 1 heterocycles. The number of hydrogen-bond acceptors (Lipinski definition) is 2. The maximum absolute atomic E-state index is 13.4. The summed E-state index contributed by atoms with van der Waals surface area (Å²) in [7, 11) is 1.96. The molecule has 168 valence electrons. The zero-order valence-corrected chi connectivity index (χ0v) is 20.7. The number of halogens is 3. The summed E-state index contributed by atoms with van der Waals surface area (Å²) in [5.74, 6) is 0.108. The molecule has 2 atom stereocenters. The minimum Gasteiger partial charge on any atom is -0.337 e. The number of nitrogens with zero attached hydrogens (tertiary/aromatic N) is 2. The van der Waals surface area contributed by atoms with Gasteiger partial charge in [-0.1, -0.05) is 67.4 Å². The van der Waals surface area contributed by atoms with Crippen molar-refractivity contribution in [1.29, 1.82) is 0 Å². The fourth-order valence-electron chi connectivity index (χ4n) is 5.30. The molecule has 3 nitrogen and oxygen atoms in total. The molecule has 1 aliphatic carbocycles. The van der Waals surface area contributed by atoms with Crippen molar-refractivity contribution in [3.8, 4) is 0 Å². The monoisotopic (exact) mass is 480 g/mol. The minimum absolute atomic E-state index is 0. The first-order chi connectivity index (χ1) is 14.3. The van der Waals surface area contributed by atoms with E-state index < -0.39 is 0 Å². The average Bonchev–Trinajstić information content (AvgIpc) is 3.25. The van der Waals surface area contributed by atoms with E-state index in [0.717, 1.165) is 25.1 Å². The van der Waals surface area contributed by atoms with Crippen LogP contribution in [0.5, 0.6) is 0 Å². The van der Waals surface area contributed by atoms with Crippen molar-refractivity contribution in [2.45, 2.75) is 57.0 Å². The Morgan fingerprint density at radius 1 is 1.10 bits per heavy atom. The summed E-state index contributed by atoms with van der Waals surface area (Å²) in [5.41, 5.74) is 3.63. The molecule has 0 unspecified atom stereocenters. The van der Waals surface area contributed by atoms with Crippen molar-refractivity contribution in [1.82, 2.24) is 9.80 Å². The van der Waals surface area contributed by atoms with Gasteiger partial charge in [-0.15, -0.1) is 12.4 Å². The molecule has 0 spiro atoms. The second-order valence-corrected chi connectivity index (χ2v) is 10.2. The van der Waals surface area contributed by atoms with Gasteiger partial charge in [-0.2, -0.15) is 0 Å². The van der Waals surface area contributed by atoms with Crippen LogP contribution >= 0.6 is 35.6 Å². The van der Waals surface area contributed by atoms with Crippen LogP contribution in [0.15, 0.2) is 42.5 Å². The standard InChI is InChI=1S/C25H30Cl2N2O.ClH/c1-25(2)16-22(29-12-6-7-13-29)24(18-8-4-5-9-19(18)25)28(3)23(30)15-17-10-11-20(26)21(27)14-17;/h4-5,8-11,14,22,24H,6-7,12-13,15-16H2,1-3H3;1H/t22-,24-;/m0./s1. The van der Waals surface area contributed by atoms with Gasteiger partial charge < -0.3 is 4.90 Å². The van der Waals surface area contributed by atoms with Gasteiger partial charge in [-0.25, -0.2) is 0 Å². The van der Waals surface area contributed by atoms with Crippen molar-refractivity contribution in [3.05, 3.63) is 69.2 Å². The summed E-state index contributed by atoms with van der Waals surface area (Å²) in [6.07, 6.45) is 3.86. The first-order valence-corrected chi connectivity index (χ1v) is 11.6. The molecule has 0 bridgehead atoms. The number of fused-ring (bicyclic) bond motifs is 1. The van der Waals surface area contributed by atoms with Gasteiger partial charge in [0.1, 0.15) is 0 Å². The van der Waals surface area contributed by atoms with E-state index in [-0.39, 0.29) is 29.8 Å². The van der Waals surface area contributed by atoms with Crippen LogP contribution in [0.4, 0.5) is 0 Å². The quantitative estimate of drug-likeness (QED) is 0.511. The van der Waals surface area contributed by atoms with E-state index in [2.05, 4.69) is 43.0 Å². The molecule has 0 aromatic heterocycles. The van der Waals surface area contributed by atoms with Crippen LogP contribution < -0.4 is 0 Å². The molecule has 1 amide bonds. The molecular weight excluding hydrogens is 451 g/mol. The van der Waals surface area contributed by atoms with Gasteiger partial charge in [0.25, 0.3) is 0 Å². The molecule has 0 N–H and O–H groups in total. The summed E-state index contributed by atoms with van der Waals surface area (Å²) in [4.78, 5) is 17.9. The summed E-state index contributed by atoms with van der Waals surface area (Å²) in [5, 5.41) is 1.00. The Bertz CT molecular complexity index is 940. The third-order valence-corrected chi connectivity index (χ3v) is 7.59. The number of hydrogen-bond donors (Lipinski definition) is 0. The summed E-state index contributed by atoms with van der Waals surface area (Å²) < 4.78 is 0. The Balaban J connectivity index is 0.00000272. The Kier molecular flexibility index (Phi) is 7.63. The highest BCUT2D eigenvalue weighted by Crippen LogP contribution is 2.46. The number of rotatable bonds is 4. The topological polar surface area (TPSA) is 23.6 Å². The predicted molar refractivity (Wildman–Crippen MR) is 132 cm³/mol. The van der Waals surface area contributed by atoms with Gasteiger partial charge in [0, 0.05) is 13.1 Å². The van der Waals surface area contributed by atoms with Gasteiger partial charge in [0.15, 0.2) is 0 Å². The van der Waals surface area contributed by atoms with Crippen LogP contribution in [-0.4, -0.2) is 41.9 Å². The lowest BCUT2D eigenvalue weighted by Crippen LogP contribution is -2.52. The lowest BCUT2D eigenvalue weighted by molar-refractivity contribution is -0.133. The maximum Gasteiger partial charge on any atom is 0.227 e. The number of likely N-dealkylation sites (N-methyl/N-ethyl adjacent to an activating group) is 1. The van der Waals surface area contributed by atoms with Crippen LogP contribution in [-0.2, 0) is 16.6 Å². The van der Waals surface area contributed by atoms with Gasteiger partial charge in [-0.3, -0.25) is 9.69 Å². The van der Waals surface area contributed by atoms with Crippen LogP contribution in [0, 0.1) is 0 Å². The van der Waals surface area contributed by atoms with Crippen molar-refractivity contribution >= 4 is 41.5 Å². The van der Waals surface area contributed by atoms with E-state index >= 15 is 0 Å². The minimum atomic E-state index is 0. The largest absolute Gasteiger partial charge is 0.337 e. The predicted octanol–water partition coefficient (Wildman–Crippen LogP) is 6.30. The zero-order chi connectivity index (χ0) is 21.5. The third-order valence-electron chi connectivity index (χ3n) is 6.85. The van der Waals surface area contributed by atoms with Crippen molar-refractivity contribution < 1.29 is 4.79 Å². The number of carbonyl (C=O) groups excluding carboxylic acids is 1. The van der Waals surface area contributed by atoms with Crippen molar-refractivity contribution in [2.75, 3.05) is 20.1 Å². The van der Waals surface area contributed by atoms with E-state index in [9.17, 15) is 4.79 Å². The second-order valence-electron chi connectivity index (χ2n) is 9.36. The van der Waals surface area contributed by atoms with E-state index in [1.807, 2.05) is 18.0 Å². The third kappa shape index (κ3) is 4.90. The molecule has 0 radical (unpaired) electrons. The molecule has 1 fully saturated rings.